The Kier molecular flexibility index (Phi) is 11.5. The average Bonchev–Trinajstić information content (AvgIpc) is 2.95. The molecule has 42 heavy (non-hydrogen) atoms. The molecule has 2 saturated heterocycles. The number of hydrogen-bond donors (Lipinski definition) is 4. The van der Waals surface area contributed by atoms with Crippen LogP contribution in [0.5, 0.6) is 0 Å². The van der Waals surface area contributed by atoms with Gasteiger partial charge in [-0.15, -0.1) is 0 Å². The fourth-order valence-corrected chi connectivity index (χ4v) is 5.45. The summed E-state index contributed by atoms with van der Waals surface area (Å²) in [5.74, 6) is 0.771. The molecule has 18 heteroatoms. The molecule has 2 aromatic rings. The minimum Gasteiger partial charge on any atom is -0.381 e. The van der Waals surface area contributed by atoms with Gasteiger partial charge < -0.3 is 20.1 Å². The van der Waals surface area contributed by atoms with E-state index in [9.17, 15) is 37.1 Å². The fraction of sp³-hybridized carbons (Fsp3) is 0.500. The molecule has 0 aliphatic carbocycles. The Morgan fingerprint density at radius 3 is 1.31 bits per heavy atom. The van der Waals surface area contributed by atoms with Crippen LogP contribution in [0.15, 0.2) is 46.2 Å². The van der Waals surface area contributed by atoms with Crippen LogP contribution in [0.3, 0.4) is 0 Å². The van der Waals surface area contributed by atoms with Crippen molar-refractivity contribution in [1.82, 2.24) is 0 Å². The second kappa shape index (κ2) is 14.7. The van der Waals surface area contributed by atoms with E-state index in [0.717, 1.165) is 37.8 Å². The molecule has 2 fully saturated rings. The predicted molar refractivity (Wildman–Crippen MR) is 153 cm³/mol. The van der Waals surface area contributed by atoms with Gasteiger partial charge in [-0.05, 0) is 61.8 Å². The number of sulfonamides is 2. The zero-order valence-corrected chi connectivity index (χ0v) is 24.3. The maximum absolute atomic E-state index is 11.2. The minimum absolute atomic E-state index is 0.272. The molecule has 0 radical (unpaired) electrons. The third-order valence-corrected chi connectivity index (χ3v) is 8.65. The van der Waals surface area contributed by atoms with Crippen molar-refractivity contribution in [3.63, 3.8) is 0 Å². The van der Waals surface area contributed by atoms with Gasteiger partial charge in [0.15, 0.2) is 0 Å². The van der Waals surface area contributed by atoms with Crippen LogP contribution in [-0.2, 0) is 29.5 Å². The van der Waals surface area contributed by atoms with Crippen molar-refractivity contribution in [2.24, 2.45) is 22.1 Å². The van der Waals surface area contributed by atoms with E-state index in [0.29, 0.717) is 62.7 Å². The van der Waals surface area contributed by atoms with Gasteiger partial charge in [0.1, 0.15) is 11.4 Å². The molecule has 0 bridgehead atoms. The Hall–Kier alpha value is -3.42. The topological polar surface area (TPSA) is 249 Å². The van der Waals surface area contributed by atoms with Crippen LogP contribution in [0.2, 0.25) is 0 Å². The van der Waals surface area contributed by atoms with Gasteiger partial charge in [-0.1, -0.05) is 0 Å². The summed E-state index contributed by atoms with van der Waals surface area (Å²) in [4.78, 5) is 20.3. The smallest absolute Gasteiger partial charge is 0.293 e. The summed E-state index contributed by atoms with van der Waals surface area (Å²) in [6, 6.07) is 7.21. The molecule has 0 atom stereocenters. The van der Waals surface area contributed by atoms with Gasteiger partial charge in [-0.25, -0.2) is 27.1 Å². The quantitative estimate of drug-likeness (QED) is 0.218. The summed E-state index contributed by atoms with van der Waals surface area (Å²) in [5, 5.41) is 38.1. The molecule has 0 aromatic heterocycles. The number of rotatable bonds is 10. The number of nitrogens with two attached hydrogens (primary N) is 2. The van der Waals surface area contributed by atoms with Gasteiger partial charge >= 0.3 is 0 Å². The molecule has 2 aliphatic heterocycles. The van der Waals surface area contributed by atoms with Crippen LogP contribution in [0.4, 0.5) is 22.7 Å². The number of hydrogen-bond acceptors (Lipinski definition) is 12. The first-order valence-electron chi connectivity index (χ1n) is 13.0. The molecule has 2 aromatic carbocycles. The summed E-state index contributed by atoms with van der Waals surface area (Å²) in [7, 11) is -7.92. The molecule has 2 aliphatic rings. The zero-order valence-electron chi connectivity index (χ0n) is 22.6. The molecular formula is C24H34N6O10S2. The van der Waals surface area contributed by atoms with Gasteiger partial charge in [0.05, 0.1) is 19.6 Å². The zero-order chi connectivity index (χ0) is 30.9. The molecule has 0 spiro atoms. The summed E-state index contributed by atoms with van der Waals surface area (Å²) in [5.41, 5.74) is -0.0139. The number of nitrogens with one attached hydrogen (secondary N) is 2. The number of nitro benzene ring substituents is 2. The SMILES string of the molecule is NS(=O)(=O)c1ccc(NCC2CCOCC2)c([N+](=O)[O-])c1.NS(=O)(=O)c1ccc(NCC2CCOCC2)c([N+](=O)[O-])c1. The molecule has 6 N–H and O–H groups in total. The molecule has 0 saturated carbocycles. The third-order valence-electron chi connectivity index (χ3n) is 6.83. The molecule has 16 nitrogen and oxygen atoms in total. The third kappa shape index (κ3) is 9.85. The van der Waals surface area contributed by atoms with E-state index < -0.39 is 29.9 Å². The highest BCUT2D eigenvalue weighted by Gasteiger charge is 2.22. The summed E-state index contributed by atoms with van der Waals surface area (Å²) in [6.45, 7) is 3.94. The lowest BCUT2D eigenvalue weighted by atomic mass is 10.0. The van der Waals surface area contributed by atoms with E-state index in [1.54, 1.807) is 0 Å². The van der Waals surface area contributed by atoms with Crippen molar-refractivity contribution in [2.45, 2.75) is 35.5 Å². The first kappa shape index (κ1) is 33.1. The number of ether oxygens (including phenoxy) is 2. The largest absolute Gasteiger partial charge is 0.381 e. The highest BCUT2D eigenvalue weighted by Crippen LogP contribution is 2.29. The second-order valence-corrected chi connectivity index (χ2v) is 13.0. The normalized spacial score (nSPS) is 16.6. The number of anilines is 2. The van der Waals surface area contributed by atoms with Gasteiger partial charge in [0, 0.05) is 51.6 Å². The summed E-state index contributed by atoms with van der Waals surface area (Å²) >= 11 is 0. The summed E-state index contributed by atoms with van der Waals surface area (Å²) in [6.07, 6.45) is 3.60. The lowest BCUT2D eigenvalue weighted by Gasteiger charge is -2.22. The Morgan fingerprint density at radius 1 is 0.690 bits per heavy atom. The standard InChI is InChI=1S/2C12H17N3O5S/c2*13-21(18,19)10-1-2-11(12(7-10)15(16)17)14-8-9-3-5-20-6-4-9/h2*1-2,7,9,14H,3-6,8H2,(H2,13,18,19). The molecular weight excluding hydrogens is 596 g/mol. The number of primary sulfonamides is 2. The van der Waals surface area contributed by atoms with Crippen LogP contribution in [0.1, 0.15) is 25.7 Å². The van der Waals surface area contributed by atoms with E-state index in [-0.39, 0.29) is 21.2 Å². The van der Waals surface area contributed by atoms with Gasteiger partial charge in [-0.2, -0.15) is 0 Å². The van der Waals surface area contributed by atoms with Gasteiger partial charge in [0.25, 0.3) is 11.4 Å². The Bertz CT molecular complexity index is 1360. The molecule has 0 unspecified atom stereocenters. The average molecular weight is 631 g/mol. The molecule has 0 amide bonds. The molecule has 4 rings (SSSR count). The van der Waals surface area contributed by atoms with Gasteiger partial charge in [0.2, 0.25) is 20.0 Å². The molecule has 232 valence electrons. The van der Waals surface area contributed by atoms with E-state index in [4.69, 9.17) is 19.8 Å². The van der Waals surface area contributed by atoms with Crippen molar-refractivity contribution in [2.75, 3.05) is 50.2 Å². The van der Waals surface area contributed by atoms with E-state index in [1.165, 1.54) is 24.3 Å². The summed E-state index contributed by atoms with van der Waals surface area (Å²) < 4.78 is 55.5. The van der Waals surface area contributed by atoms with E-state index in [2.05, 4.69) is 10.6 Å². The number of nitrogens with zero attached hydrogens (tertiary/aromatic N) is 2. The minimum atomic E-state index is -3.96. The lowest BCUT2D eigenvalue weighted by molar-refractivity contribution is -0.384. The Balaban J connectivity index is 0.000000230. The monoisotopic (exact) mass is 630 g/mol. The van der Waals surface area contributed by atoms with Crippen molar-refractivity contribution >= 4 is 42.8 Å². The van der Waals surface area contributed by atoms with Crippen LogP contribution in [0.25, 0.3) is 0 Å². The first-order valence-corrected chi connectivity index (χ1v) is 16.1. The van der Waals surface area contributed by atoms with Crippen molar-refractivity contribution in [3.05, 3.63) is 56.6 Å². The van der Waals surface area contributed by atoms with Crippen molar-refractivity contribution in [1.29, 1.82) is 0 Å². The number of nitro groups is 2. The van der Waals surface area contributed by atoms with Crippen molar-refractivity contribution in [3.8, 4) is 0 Å². The van der Waals surface area contributed by atoms with Crippen LogP contribution < -0.4 is 20.9 Å². The maximum atomic E-state index is 11.2. The fourth-order valence-electron chi connectivity index (χ4n) is 4.39. The van der Waals surface area contributed by atoms with Crippen LogP contribution in [-0.4, -0.2) is 66.2 Å². The molecule has 2 heterocycles. The van der Waals surface area contributed by atoms with Gasteiger partial charge in [-0.3, -0.25) is 20.2 Å². The highest BCUT2D eigenvalue weighted by atomic mass is 32.2. The lowest BCUT2D eigenvalue weighted by Crippen LogP contribution is -2.23. The van der Waals surface area contributed by atoms with E-state index >= 15 is 0 Å². The van der Waals surface area contributed by atoms with Crippen LogP contribution in [0, 0.1) is 32.1 Å². The second-order valence-electron chi connectivity index (χ2n) is 9.84. The maximum Gasteiger partial charge on any atom is 0.293 e. The Labute approximate surface area is 243 Å². The Morgan fingerprint density at radius 2 is 1.02 bits per heavy atom. The predicted octanol–water partition coefficient (Wildman–Crippen LogP) is 2.16. The van der Waals surface area contributed by atoms with Crippen molar-refractivity contribution < 1.29 is 36.2 Å². The highest BCUT2D eigenvalue weighted by molar-refractivity contribution is 7.89. The first-order chi connectivity index (χ1) is 19.8. The van der Waals surface area contributed by atoms with Crippen LogP contribution >= 0.6 is 0 Å². The number of benzene rings is 2. The van der Waals surface area contributed by atoms with E-state index in [1.807, 2.05) is 0 Å².